The van der Waals surface area contributed by atoms with Crippen LogP contribution in [0.3, 0.4) is 0 Å². The molecule has 0 saturated carbocycles. The topological polar surface area (TPSA) is 44.9 Å². The van der Waals surface area contributed by atoms with Crippen molar-refractivity contribution in [1.82, 2.24) is 4.98 Å². The molecule has 0 bridgehead atoms. The van der Waals surface area contributed by atoms with Crippen molar-refractivity contribution in [3.63, 3.8) is 0 Å². The monoisotopic (exact) mass is 342 g/mol. The van der Waals surface area contributed by atoms with Gasteiger partial charge in [0.2, 0.25) is 0 Å². The van der Waals surface area contributed by atoms with Gasteiger partial charge in [0.1, 0.15) is 0 Å². The van der Waals surface area contributed by atoms with Crippen molar-refractivity contribution >= 4 is 38.4 Å². The quantitative estimate of drug-likeness (QED) is 0.690. The van der Waals surface area contributed by atoms with Crippen LogP contribution in [0.4, 0.5) is 5.69 Å². The molecule has 2 N–H and O–H groups in total. The van der Waals surface area contributed by atoms with Gasteiger partial charge in [-0.2, -0.15) is 0 Å². The van der Waals surface area contributed by atoms with E-state index < -0.39 is 0 Å². The molecule has 21 heavy (non-hydrogen) atoms. The van der Waals surface area contributed by atoms with Gasteiger partial charge in [-0.05, 0) is 43.7 Å². The highest BCUT2D eigenvalue weighted by Gasteiger charge is 2.15. The average molecular weight is 343 g/mol. The Kier molecular flexibility index (Phi) is 3.55. The van der Waals surface area contributed by atoms with Crippen molar-refractivity contribution in [1.29, 1.82) is 0 Å². The number of para-hydroxylation sites is 1. The third-order valence-corrected chi connectivity index (χ3v) is 4.43. The van der Waals surface area contributed by atoms with Crippen LogP contribution in [0.5, 0.6) is 0 Å². The summed E-state index contributed by atoms with van der Waals surface area (Å²) in [6, 6.07) is 13.6. The molecule has 1 amide bonds. The van der Waals surface area contributed by atoms with Crippen LogP contribution in [0.15, 0.2) is 46.9 Å². The van der Waals surface area contributed by atoms with Gasteiger partial charge < -0.3 is 10.3 Å². The Morgan fingerprint density at radius 1 is 1.14 bits per heavy atom. The van der Waals surface area contributed by atoms with Crippen LogP contribution in [0.2, 0.25) is 0 Å². The van der Waals surface area contributed by atoms with Crippen molar-refractivity contribution < 1.29 is 4.79 Å². The summed E-state index contributed by atoms with van der Waals surface area (Å²) in [5, 5.41) is 3.91. The minimum atomic E-state index is -0.0910. The van der Waals surface area contributed by atoms with Gasteiger partial charge in [0.05, 0.1) is 5.56 Å². The molecule has 0 aliphatic rings. The molecule has 0 unspecified atom stereocenters. The Morgan fingerprint density at radius 2 is 1.90 bits per heavy atom. The number of hydrogen-bond acceptors (Lipinski definition) is 1. The van der Waals surface area contributed by atoms with E-state index >= 15 is 0 Å². The number of H-pyrrole nitrogens is 1. The molecule has 0 saturated heterocycles. The van der Waals surface area contributed by atoms with Crippen LogP contribution in [0.1, 0.15) is 21.6 Å². The molecular weight excluding hydrogens is 328 g/mol. The summed E-state index contributed by atoms with van der Waals surface area (Å²) in [6.45, 7) is 3.92. The number of anilines is 1. The Bertz CT molecular complexity index is 836. The van der Waals surface area contributed by atoms with Crippen molar-refractivity contribution in [2.45, 2.75) is 13.8 Å². The third-order valence-electron chi connectivity index (χ3n) is 3.54. The number of carbonyl (C=O) groups excluding carboxylic acids is 1. The molecule has 2 aromatic carbocycles. The fraction of sp³-hybridized carbons (Fsp3) is 0.118. The molecule has 3 rings (SSSR count). The number of hydrogen-bond donors (Lipinski definition) is 2. The highest BCUT2D eigenvalue weighted by atomic mass is 79.9. The number of aromatic nitrogens is 1. The molecular formula is C17H15BrN2O. The zero-order chi connectivity index (χ0) is 15.0. The highest BCUT2D eigenvalue weighted by Crippen LogP contribution is 2.24. The summed E-state index contributed by atoms with van der Waals surface area (Å²) in [4.78, 5) is 15.8. The lowest BCUT2D eigenvalue weighted by Crippen LogP contribution is -2.12. The second-order valence-corrected chi connectivity index (χ2v) is 5.94. The summed E-state index contributed by atoms with van der Waals surface area (Å²) in [5.74, 6) is -0.0910. The van der Waals surface area contributed by atoms with Gasteiger partial charge in [-0.3, -0.25) is 4.79 Å². The van der Waals surface area contributed by atoms with Crippen LogP contribution in [0.25, 0.3) is 10.9 Å². The number of rotatable bonds is 2. The van der Waals surface area contributed by atoms with E-state index in [0.29, 0.717) is 5.56 Å². The zero-order valence-corrected chi connectivity index (χ0v) is 13.4. The van der Waals surface area contributed by atoms with Gasteiger partial charge in [-0.1, -0.05) is 34.1 Å². The fourth-order valence-electron chi connectivity index (χ4n) is 2.49. The molecule has 0 aliphatic heterocycles. The number of aromatic amines is 1. The minimum Gasteiger partial charge on any atom is -0.358 e. The predicted molar refractivity (Wildman–Crippen MR) is 89.9 cm³/mol. The van der Waals surface area contributed by atoms with E-state index in [4.69, 9.17) is 0 Å². The number of fused-ring (bicyclic) bond motifs is 1. The van der Waals surface area contributed by atoms with Crippen molar-refractivity contribution in [3.8, 4) is 0 Å². The number of aryl methyl sites for hydroxylation is 2. The van der Waals surface area contributed by atoms with E-state index in [1.165, 1.54) is 0 Å². The van der Waals surface area contributed by atoms with Gasteiger partial charge in [0, 0.05) is 26.8 Å². The lowest BCUT2D eigenvalue weighted by Gasteiger charge is -2.07. The summed E-state index contributed by atoms with van der Waals surface area (Å²) in [7, 11) is 0. The Labute approximate surface area is 131 Å². The molecule has 3 aromatic rings. The maximum absolute atomic E-state index is 12.6. The number of benzene rings is 2. The molecule has 1 heterocycles. The first-order valence-electron chi connectivity index (χ1n) is 6.71. The maximum Gasteiger partial charge on any atom is 0.258 e. The second kappa shape index (κ2) is 5.37. The number of amides is 1. The number of halogens is 1. The van der Waals surface area contributed by atoms with Crippen molar-refractivity contribution in [3.05, 3.63) is 63.8 Å². The van der Waals surface area contributed by atoms with E-state index in [1.54, 1.807) is 0 Å². The standard InChI is InChI=1S/C17H15BrN2O/c1-10-9-12(7-8-14(10)18)20-17(21)16-11(2)19-15-6-4-3-5-13(15)16/h3-9,19H,1-2H3,(H,20,21). The highest BCUT2D eigenvalue weighted by molar-refractivity contribution is 9.10. The second-order valence-electron chi connectivity index (χ2n) is 5.09. The molecule has 1 aromatic heterocycles. The number of carbonyl (C=O) groups is 1. The Hall–Kier alpha value is -2.07. The maximum atomic E-state index is 12.6. The molecule has 0 spiro atoms. The van der Waals surface area contributed by atoms with E-state index in [1.807, 2.05) is 56.3 Å². The van der Waals surface area contributed by atoms with Crippen molar-refractivity contribution in [2.75, 3.05) is 5.32 Å². The normalized spacial score (nSPS) is 10.8. The van der Waals surface area contributed by atoms with Gasteiger partial charge >= 0.3 is 0 Å². The van der Waals surface area contributed by atoms with Crippen LogP contribution in [-0.4, -0.2) is 10.9 Å². The molecule has 0 atom stereocenters. The third kappa shape index (κ3) is 2.59. The van der Waals surface area contributed by atoms with Gasteiger partial charge in [0.25, 0.3) is 5.91 Å². The van der Waals surface area contributed by atoms with Crippen LogP contribution < -0.4 is 5.32 Å². The lowest BCUT2D eigenvalue weighted by molar-refractivity contribution is 0.102. The molecule has 106 valence electrons. The summed E-state index contributed by atoms with van der Waals surface area (Å²) in [5.41, 5.74) is 4.44. The largest absolute Gasteiger partial charge is 0.358 e. The van der Waals surface area contributed by atoms with E-state index in [0.717, 1.165) is 32.3 Å². The summed E-state index contributed by atoms with van der Waals surface area (Å²) in [6.07, 6.45) is 0. The van der Waals surface area contributed by atoms with Crippen LogP contribution in [0, 0.1) is 13.8 Å². The van der Waals surface area contributed by atoms with E-state index in [2.05, 4.69) is 26.2 Å². The lowest BCUT2D eigenvalue weighted by atomic mass is 10.1. The first-order valence-corrected chi connectivity index (χ1v) is 7.50. The molecule has 4 heteroatoms. The molecule has 0 aliphatic carbocycles. The average Bonchev–Trinajstić information content (AvgIpc) is 2.78. The van der Waals surface area contributed by atoms with E-state index in [-0.39, 0.29) is 5.91 Å². The van der Waals surface area contributed by atoms with Gasteiger partial charge in [-0.25, -0.2) is 0 Å². The summed E-state index contributed by atoms with van der Waals surface area (Å²) < 4.78 is 1.03. The smallest absolute Gasteiger partial charge is 0.258 e. The first kappa shape index (κ1) is 13.9. The van der Waals surface area contributed by atoms with Gasteiger partial charge in [-0.15, -0.1) is 0 Å². The first-order chi connectivity index (χ1) is 10.1. The predicted octanol–water partition coefficient (Wildman–Crippen LogP) is 4.80. The molecule has 0 radical (unpaired) electrons. The summed E-state index contributed by atoms with van der Waals surface area (Å²) >= 11 is 3.46. The SMILES string of the molecule is Cc1cc(NC(=O)c2c(C)[nH]c3ccccc23)ccc1Br. The fourth-order valence-corrected chi connectivity index (χ4v) is 2.73. The minimum absolute atomic E-state index is 0.0910. The van der Waals surface area contributed by atoms with E-state index in [9.17, 15) is 4.79 Å². The molecule has 3 nitrogen and oxygen atoms in total. The Morgan fingerprint density at radius 3 is 2.67 bits per heavy atom. The van der Waals surface area contributed by atoms with Gasteiger partial charge in [0.15, 0.2) is 0 Å². The molecule has 0 fully saturated rings. The zero-order valence-electron chi connectivity index (χ0n) is 11.8. The van der Waals surface area contributed by atoms with Crippen LogP contribution >= 0.6 is 15.9 Å². The number of nitrogens with one attached hydrogen (secondary N) is 2. The van der Waals surface area contributed by atoms with Crippen molar-refractivity contribution in [2.24, 2.45) is 0 Å². The Balaban J connectivity index is 1.97. The van der Waals surface area contributed by atoms with Crippen LogP contribution in [-0.2, 0) is 0 Å².